The number of aromatic amines is 1. The first-order valence-corrected chi connectivity index (χ1v) is 14.8. The Kier molecular flexibility index (Phi) is 5.80. The van der Waals surface area contributed by atoms with Gasteiger partial charge in [-0.2, -0.15) is 0 Å². The zero-order valence-electron chi connectivity index (χ0n) is 24.3. The van der Waals surface area contributed by atoms with Crippen LogP contribution in [0.3, 0.4) is 0 Å². The van der Waals surface area contributed by atoms with Gasteiger partial charge in [0.1, 0.15) is 5.82 Å². The Hall–Kier alpha value is -5.41. The number of nitrogens with zero attached hydrogens (tertiary/aromatic N) is 2. The maximum Gasteiger partial charge on any atom is 0.138 e. The zero-order valence-corrected chi connectivity index (χ0v) is 24.3. The number of hydrogen-bond donors (Lipinski definition) is 1. The first kappa shape index (κ1) is 25.3. The number of hydrogen-bond acceptors (Lipinski definition) is 2. The van der Waals surface area contributed by atoms with Crippen LogP contribution in [0, 0.1) is 0 Å². The summed E-state index contributed by atoms with van der Waals surface area (Å²) in [5.74, 6) is 0.878. The predicted molar refractivity (Wildman–Crippen MR) is 179 cm³/mol. The van der Waals surface area contributed by atoms with E-state index in [2.05, 4.69) is 151 Å². The summed E-state index contributed by atoms with van der Waals surface area (Å²) in [6.07, 6.45) is 0. The van der Waals surface area contributed by atoms with Gasteiger partial charge in [-0.05, 0) is 94.0 Å². The molecule has 0 fully saturated rings. The molecule has 0 radical (unpaired) electrons. The molecular formula is C40H31N3. The maximum absolute atomic E-state index is 4.82. The number of rotatable bonds is 5. The fourth-order valence-corrected chi connectivity index (χ4v) is 6.57. The molecule has 0 bridgehead atoms. The van der Waals surface area contributed by atoms with Crippen molar-refractivity contribution in [3.05, 3.63) is 157 Å². The Morgan fingerprint density at radius 1 is 0.512 bits per heavy atom. The molecule has 43 heavy (non-hydrogen) atoms. The normalized spacial score (nSPS) is 13.1. The van der Waals surface area contributed by atoms with E-state index in [0.717, 1.165) is 39.5 Å². The Bertz CT molecular complexity index is 2050. The molecule has 3 nitrogen and oxygen atoms in total. The largest absolute Gasteiger partial charge is 0.338 e. The highest BCUT2D eigenvalue weighted by molar-refractivity contribution is 5.86. The molecular weight excluding hydrogens is 522 g/mol. The van der Waals surface area contributed by atoms with Gasteiger partial charge in [-0.15, -0.1) is 0 Å². The van der Waals surface area contributed by atoms with Gasteiger partial charge in [0.2, 0.25) is 0 Å². The van der Waals surface area contributed by atoms with E-state index in [9.17, 15) is 0 Å². The Morgan fingerprint density at radius 2 is 1.09 bits per heavy atom. The highest BCUT2D eigenvalue weighted by atomic mass is 15.1. The number of nitrogens with one attached hydrogen (secondary N) is 1. The molecule has 0 unspecified atom stereocenters. The van der Waals surface area contributed by atoms with E-state index in [1.54, 1.807) is 0 Å². The summed E-state index contributed by atoms with van der Waals surface area (Å²) in [6.45, 7) is 4.67. The molecule has 0 spiro atoms. The highest BCUT2D eigenvalue weighted by Gasteiger charge is 2.35. The molecule has 1 N–H and O–H groups in total. The molecule has 0 amide bonds. The third kappa shape index (κ3) is 4.24. The minimum Gasteiger partial charge on any atom is -0.338 e. The first-order valence-electron chi connectivity index (χ1n) is 14.8. The molecule has 1 heterocycles. The smallest absolute Gasteiger partial charge is 0.138 e. The van der Waals surface area contributed by atoms with Crippen LogP contribution in [0.1, 0.15) is 25.0 Å². The third-order valence-corrected chi connectivity index (χ3v) is 8.85. The summed E-state index contributed by atoms with van der Waals surface area (Å²) in [6, 6.07) is 52.0. The molecule has 7 aromatic rings. The van der Waals surface area contributed by atoms with E-state index in [0.29, 0.717) is 0 Å². The molecule has 0 aliphatic heterocycles. The lowest BCUT2D eigenvalue weighted by Gasteiger charge is -2.28. The van der Waals surface area contributed by atoms with Gasteiger partial charge in [0.05, 0.1) is 11.0 Å². The average molecular weight is 554 g/mol. The number of benzene rings is 6. The van der Waals surface area contributed by atoms with E-state index >= 15 is 0 Å². The average Bonchev–Trinajstić information content (AvgIpc) is 3.59. The van der Waals surface area contributed by atoms with Crippen molar-refractivity contribution in [2.24, 2.45) is 0 Å². The molecule has 8 rings (SSSR count). The van der Waals surface area contributed by atoms with Crippen molar-refractivity contribution < 1.29 is 0 Å². The second kappa shape index (κ2) is 9.85. The summed E-state index contributed by atoms with van der Waals surface area (Å²) in [5, 5.41) is 0. The lowest BCUT2D eigenvalue weighted by molar-refractivity contribution is 0.660. The monoisotopic (exact) mass is 553 g/mol. The molecule has 0 atom stereocenters. The zero-order chi connectivity index (χ0) is 29.0. The molecule has 0 saturated heterocycles. The second-order valence-electron chi connectivity index (χ2n) is 11.8. The van der Waals surface area contributed by atoms with E-state index in [4.69, 9.17) is 4.98 Å². The highest BCUT2D eigenvalue weighted by Crippen LogP contribution is 2.50. The molecule has 1 aliphatic rings. The van der Waals surface area contributed by atoms with Crippen molar-refractivity contribution in [2.75, 3.05) is 4.90 Å². The fourth-order valence-electron chi connectivity index (χ4n) is 6.57. The first-order chi connectivity index (χ1) is 21.1. The minimum atomic E-state index is -0.0735. The Balaban J connectivity index is 1.23. The van der Waals surface area contributed by atoms with Crippen molar-refractivity contribution in [3.8, 4) is 33.6 Å². The van der Waals surface area contributed by atoms with Crippen LogP contribution in [0.2, 0.25) is 0 Å². The lowest BCUT2D eigenvalue weighted by atomic mass is 9.82. The van der Waals surface area contributed by atoms with Gasteiger partial charge in [0, 0.05) is 28.0 Å². The van der Waals surface area contributed by atoms with Crippen molar-refractivity contribution in [1.82, 2.24) is 9.97 Å². The lowest BCUT2D eigenvalue weighted by Crippen LogP contribution is -2.16. The molecule has 206 valence electrons. The number of H-pyrrole nitrogens is 1. The van der Waals surface area contributed by atoms with Crippen LogP contribution in [-0.4, -0.2) is 9.97 Å². The quantitative estimate of drug-likeness (QED) is 0.230. The maximum atomic E-state index is 4.82. The Labute approximate surface area is 252 Å². The molecule has 6 aromatic carbocycles. The molecule has 0 saturated carbocycles. The van der Waals surface area contributed by atoms with Crippen LogP contribution in [0.5, 0.6) is 0 Å². The van der Waals surface area contributed by atoms with Gasteiger partial charge in [0.25, 0.3) is 0 Å². The third-order valence-electron chi connectivity index (χ3n) is 8.85. The number of fused-ring (bicyclic) bond motifs is 4. The standard InChI is InChI=1S/C40H31N3/c1-40(2)35-13-7-6-12-33(35)34-25-24-32(26-36(34)40)43(30-20-16-28(17-21-30)27-10-4-3-5-11-27)31-22-18-29(19-23-31)39-41-37-14-8-9-15-38(37)42-39/h3-26H,1-2H3,(H,41,42). The number of imidazole rings is 1. The second-order valence-corrected chi connectivity index (χ2v) is 11.8. The summed E-state index contributed by atoms with van der Waals surface area (Å²) < 4.78 is 0. The SMILES string of the molecule is CC1(C)c2ccccc2-c2ccc(N(c3ccc(-c4ccccc4)cc3)c3ccc(-c4nc5ccccc5[nH]4)cc3)cc21. The fraction of sp³-hybridized carbons (Fsp3) is 0.0750. The summed E-state index contributed by atoms with van der Waals surface area (Å²) in [7, 11) is 0. The van der Waals surface area contributed by atoms with Gasteiger partial charge in [0.15, 0.2) is 0 Å². The molecule has 1 aliphatic carbocycles. The summed E-state index contributed by atoms with van der Waals surface area (Å²) in [4.78, 5) is 10.6. The van der Waals surface area contributed by atoms with Crippen molar-refractivity contribution >= 4 is 28.1 Å². The van der Waals surface area contributed by atoms with Crippen LogP contribution in [0.15, 0.2) is 146 Å². The van der Waals surface area contributed by atoms with Crippen LogP contribution >= 0.6 is 0 Å². The van der Waals surface area contributed by atoms with Gasteiger partial charge >= 0.3 is 0 Å². The van der Waals surface area contributed by atoms with Gasteiger partial charge < -0.3 is 9.88 Å². The van der Waals surface area contributed by atoms with Crippen LogP contribution in [0.4, 0.5) is 17.1 Å². The van der Waals surface area contributed by atoms with Crippen LogP contribution in [-0.2, 0) is 5.41 Å². The van der Waals surface area contributed by atoms with Crippen molar-refractivity contribution in [2.45, 2.75) is 19.3 Å². The predicted octanol–water partition coefficient (Wildman–Crippen LogP) is 10.7. The van der Waals surface area contributed by atoms with E-state index in [1.807, 2.05) is 18.2 Å². The van der Waals surface area contributed by atoms with Crippen molar-refractivity contribution in [3.63, 3.8) is 0 Å². The van der Waals surface area contributed by atoms with Crippen LogP contribution in [0.25, 0.3) is 44.7 Å². The number of anilines is 3. The molecule has 1 aromatic heterocycles. The Morgan fingerprint density at radius 3 is 1.84 bits per heavy atom. The van der Waals surface area contributed by atoms with E-state index in [-0.39, 0.29) is 5.41 Å². The van der Waals surface area contributed by atoms with Crippen molar-refractivity contribution in [1.29, 1.82) is 0 Å². The summed E-state index contributed by atoms with van der Waals surface area (Å²) >= 11 is 0. The van der Waals surface area contributed by atoms with Gasteiger partial charge in [-0.1, -0.05) is 98.8 Å². The number of para-hydroxylation sites is 2. The topological polar surface area (TPSA) is 31.9 Å². The van der Waals surface area contributed by atoms with Gasteiger partial charge in [-0.25, -0.2) is 4.98 Å². The van der Waals surface area contributed by atoms with E-state index < -0.39 is 0 Å². The van der Waals surface area contributed by atoms with E-state index in [1.165, 1.54) is 33.4 Å². The summed E-state index contributed by atoms with van der Waals surface area (Å²) in [5.41, 5.74) is 14.2. The number of aromatic nitrogens is 2. The minimum absolute atomic E-state index is 0.0735. The van der Waals surface area contributed by atoms with Crippen LogP contribution < -0.4 is 4.90 Å². The van der Waals surface area contributed by atoms with Gasteiger partial charge in [-0.3, -0.25) is 0 Å². The molecule has 3 heteroatoms.